The lowest BCUT2D eigenvalue weighted by atomic mass is 9.78. The monoisotopic (exact) mass is 413 g/mol. The van der Waals surface area contributed by atoms with Gasteiger partial charge in [-0.2, -0.15) is 0 Å². The first-order chi connectivity index (χ1) is 13.7. The largest absolute Gasteiger partial charge is 0.338 e. The van der Waals surface area contributed by atoms with Gasteiger partial charge < -0.3 is 4.90 Å². The molecule has 3 aromatic heterocycles. The summed E-state index contributed by atoms with van der Waals surface area (Å²) in [6.07, 6.45) is 8.69. The first-order valence-corrected chi connectivity index (χ1v) is 11.8. The summed E-state index contributed by atoms with van der Waals surface area (Å²) in [7, 11) is 0. The third-order valence-corrected chi connectivity index (χ3v) is 8.01. The van der Waals surface area contributed by atoms with Gasteiger partial charge in [0, 0.05) is 28.4 Å². The number of rotatable bonds is 3. The third kappa shape index (κ3) is 3.10. The molecule has 0 radical (unpaired) electrons. The molecule has 1 saturated carbocycles. The highest BCUT2D eigenvalue weighted by molar-refractivity contribution is 7.18. The Bertz CT molecular complexity index is 1050. The van der Waals surface area contributed by atoms with E-state index in [0.717, 1.165) is 34.7 Å². The third-order valence-electron chi connectivity index (χ3n) is 6.22. The van der Waals surface area contributed by atoms with E-state index in [1.54, 1.807) is 17.7 Å². The highest BCUT2D eigenvalue weighted by Gasteiger charge is 2.35. The van der Waals surface area contributed by atoms with Crippen molar-refractivity contribution in [2.75, 3.05) is 6.54 Å². The van der Waals surface area contributed by atoms with Crippen molar-refractivity contribution < 1.29 is 4.79 Å². The molecule has 0 bridgehead atoms. The number of likely N-dealkylation sites (tertiary alicyclic amines) is 1. The summed E-state index contributed by atoms with van der Waals surface area (Å²) in [5, 5.41) is 4.64. The Hall–Kier alpha value is -1.99. The van der Waals surface area contributed by atoms with Gasteiger partial charge in [0.15, 0.2) is 0 Å². The first kappa shape index (κ1) is 18.1. The summed E-state index contributed by atoms with van der Waals surface area (Å²) < 4.78 is 1.50. The molecule has 4 heterocycles. The molecule has 7 heteroatoms. The summed E-state index contributed by atoms with van der Waals surface area (Å²) in [6, 6.07) is 4.37. The van der Waals surface area contributed by atoms with Gasteiger partial charge in [-0.3, -0.25) is 14.2 Å². The smallest absolute Gasteiger partial charge is 0.263 e. The molecule has 28 heavy (non-hydrogen) atoms. The second kappa shape index (κ2) is 7.44. The highest BCUT2D eigenvalue weighted by atomic mass is 32.1. The molecule has 2 atom stereocenters. The predicted octanol–water partition coefficient (Wildman–Crippen LogP) is 4.37. The van der Waals surface area contributed by atoms with Gasteiger partial charge >= 0.3 is 0 Å². The van der Waals surface area contributed by atoms with Crippen molar-refractivity contribution in [3.05, 3.63) is 39.6 Å². The molecule has 146 valence electrons. The molecular formula is C21H23N3O2S2. The number of nitrogens with zero attached hydrogens (tertiary/aromatic N) is 3. The molecule has 3 aromatic rings. The number of carbonyl (C=O) groups excluding carboxylic acids is 1. The van der Waals surface area contributed by atoms with Crippen LogP contribution in [0.25, 0.3) is 20.7 Å². The minimum atomic E-state index is -0.111. The zero-order chi connectivity index (χ0) is 19.1. The molecule has 0 unspecified atom stereocenters. The van der Waals surface area contributed by atoms with E-state index in [9.17, 15) is 9.59 Å². The molecule has 0 spiro atoms. The van der Waals surface area contributed by atoms with Crippen LogP contribution in [-0.2, 0) is 11.3 Å². The maximum absolute atomic E-state index is 13.2. The van der Waals surface area contributed by atoms with Crippen molar-refractivity contribution in [3.8, 4) is 10.4 Å². The lowest BCUT2D eigenvalue weighted by Crippen LogP contribution is -2.51. The number of aromatic nitrogens is 2. The van der Waals surface area contributed by atoms with Crippen LogP contribution in [0.4, 0.5) is 0 Å². The molecule has 2 aliphatic rings. The molecule has 0 aromatic carbocycles. The van der Waals surface area contributed by atoms with Gasteiger partial charge in [-0.1, -0.05) is 18.9 Å². The highest BCUT2D eigenvalue weighted by Crippen LogP contribution is 2.36. The number of hydrogen-bond donors (Lipinski definition) is 0. The van der Waals surface area contributed by atoms with Crippen LogP contribution in [0.2, 0.25) is 0 Å². The number of thiophene rings is 2. The van der Waals surface area contributed by atoms with E-state index in [-0.39, 0.29) is 18.0 Å². The maximum atomic E-state index is 13.2. The first-order valence-electron chi connectivity index (χ1n) is 10.0. The van der Waals surface area contributed by atoms with Crippen LogP contribution in [0.5, 0.6) is 0 Å². The standard InChI is InChI=1S/C21H23N3O2S2/c25-18(24-9-3-6-14-5-1-2-7-16(14)24)11-23-13-22-20-19(21(23)26)15(12-28-20)17-8-4-10-27-17/h4,8,10,12-14,16H,1-3,5-7,9,11H2/t14-,16-/m0/s1. The minimum Gasteiger partial charge on any atom is -0.338 e. The van der Waals surface area contributed by atoms with Gasteiger partial charge in [0.1, 0.15) is 11.4 Å². The van der Waals surface area contributed by atoms with Crippen molar-refractivity contribution in [3.63, 3.8) is 0 Å². The van der Waals surface area contributed by atoms with E-state index in [2.05, 4.69) is 9.88 Å². The molecule has 1 aliphatic carbocycles. The molecule has 1 saturated heterocycles. The number of amides is 1. The molecule has 0 N–H and O–H groups in total. The normalized spacial score (nSPS) is 22.4. The van der Waals surface area contributed by atoms with Crippen LogP contribution in [0.15, 0.2) is 34.0 Å². The van der Waals surface area contributed by atoms with E-state index in [0.29, 0.717) is 17.3 Å². The van der Waals surface area contributed by atoms with Crippen molar-refractivity contribution in [1.29, 1.82) is 0 Å². The number of fused-ring (bicyclic) bond motifs is 2. The average Bonchev–Trinajstić information content (AvgIpc) is 3.39. The van der Waals surface area contributed by atoms with E-state index in [1.807, 2.05) is 22.9 Å². The molecule has 5 nitrogen and oxygen atoms in total. The number of piperidine rings is 1. The summed E-state index contributed by atoms with van der Waals surface area (Å²) >= 11 is 3.10. The predicted molar refractivity (Wildman–Crippen MR) is 114 cm³/mol. The Balaban J connectivity index is 1.45. The fourth-order valence-corrected chi connectivity index (χ4v) is 6.59. The van der Waals surface area contributed by atoms with Crippen molar-refractivity contribution in [1.82, 2.24) is 14.5 Å². The molecular weight excluding hydrogens is 390 g/mol. The van der Waals surface area contributed by atoms with Crippen LogP contribution in [0, 0.1) is 5.92 Å². The molecule has 2 fully saturated rings. The Kier molecular flexibility index (Phi) is 4.80. The SMILES string of the molecule is O=C(Cn1cnc2scc(-c3cccs3)c2c1=O)N1CCC[C@@H]2CCCC[C@@H]21. The van der Waals surface area contributed by atoms with Gasteiger partial charge in [-0.25, -0.2) is 4.98 Å². The van der Waals surface area contributed by atoms with E-state index in [1.165, 1.54) is 41.6 Å². The summed E-state index contributed by atoms with van der Waals surface area (Å²) in [5.41, 5.74) is 0.819. The van der Waals surface area contributed by atoms with Gasteiger partial charge in [-0.05, 0) is 43.0 Å². The molecule has 1 aliphatic heterocycles. The number of carbonyl (C=O) groups is 1. The van der Waals surface area contributed by atoms with E-state index < -0.39 is 0 Å². The fourth-order valence-electron chi connectivity index (χ4n) is 4.86. The summed E-state index contributed by atoms with van der Waals surface area (Å²) in [5.74, 6) is 0.707. The Morgan fingerprint density at radius 2 is 2.04 bits per heavy atom. The minimum absolute atomic E-state index is 0.0627. The lowest BCUT2D eigenvalue weighted by molar-refractivity contribution is -0.138. The van der Waals surface area contributed by atoms with Crippen LogP contribution < -0.4 is 5.56 Å². The van der Waals surface area contributed by atoms with Crippen LogP contribution in [0.1, 0.15) is 38.5 Å². The van der Waals surface area contributed by atoms with Gasteiger partial charge in [0.2, 0.25) is 5.91 Å². The Morgan fingerprint density at radius 1 is 1.18 bits per heavy atom. The maximum Gasteiger partial charge on any atom is 0.263 e. The van der Waals surface area contributed by atoms with E-state index in [4.69, 9.17) is 0 Å². The van der Waals surface area contributed by atoms with E-state index >= 15 is 0 Å². The summed E-state index contributed by atoms with van der Waals surface area (Å²) in [4.78, 5) is 34.6. The fraction of sp³-hybridized carbons (Fsp3) is 0.476. The summed E-state index contributed by atoms with van der Waals surface area (Å²) in [6.45, 7) is 0.911. The molecule has 5 rings (SSSR count). The Labute approximate surface area is 171 Å². The van der Waals surface area contributed by atoms with Crippen molar-refractivity contribution in [2.45, 2.75) is 51.1 Å². The second-order valence-electron chi connectivity index (χ2n) is 7.83. The van der Waals surface area contributed by atoms with Crippen molar-refractivity contribution in [2.24, 2.45) is 5.92 Å². The average molecular weight is 414 g/mol. The van der Waals surface area contributed by atoms with Crippen LogP contribution >= 0.6 is 22.7 Å². The quantitative estimate of drug-likeness (QED) is 0.641. The van der Waals surface area contributed by atoms with Gasteiger partial charge in [-0.15, -0.1) is 22.7 Å². The van der Waals surface area contributed by atoms with Crippen molar-refractivity contribution >= 4 is 38.8 Å². The van der Waals surface area contributed by atoms with Crippen LogP contribution in [0.3, 0.4) is 0 Å². The second-order valence-corrected chi connectivity index (χ2v) is 9.63. The van der Waals surface area contributed by atoms with Gasteiger partial charge in [0.25, 0.3) is 5.56 Å². The van der Waals surface area contributed by atoms with Gasteiger partial charge in [0.05, 0.1) is 11.7 Å². The topological polar surface area (TPSA) is 55.2 Å². The zero-order valence-electron chi connectivity index (χ0n) is 15.7. The lowest BCUT2D eigenvalue weighted by Gasteiger charge is -2.44. The molecule has 1 amide bonds. The zero-order valence-corrected chi connectivity index (χ0v) is 17.3. The number of hydrogen-bond acceptors (Lipinski definition) is 5. The van der Waals surface area contributed by atoms with Crippen LogP contribution in [-0.4, -0.2) is 32.9 Å². The Morgan fingerprint density at radius 3 is 2.89 bits per heavy atom.